The van der Waals surface area contributed by atoms with E-state index in [1.165, 1.54) is 17.8 Å². The minimum absolute atomic E-state index is 0.0853. The third kappa shape index (κ3) is 5.42. The number of alkyl halides is 1. The van der Waals surface area contributed by atoms with Crippen molar-refractivity contribution in [2.45, 2.75) is 85.0 Å². The van der Waals surface area contributed by atoms with Crippen molar-refractivity contribution in [3.8, 4) is 6.07 Å². The quantitative estimate of drug-likeness (QED) is 0.479. The number of nitriles is 1. The fraction of sp³-hybridized carbons (Fsp3) is 0.645. The van der Waals surface area contributed by atoms with E-state index < -0.39 is 23.3 Å². The third-order valence-electron chi connectivity index (χ3n) is 10.0. The van der Waals surface area contributed by atoms with Crippen LogP contribution in [0, 0.1) is 17.2 Å². The highest BCUT2D eigenvalue weighted by Gasteiger charge is 2.59. The van der Waals surface area contributed by atoms with Crippen LogP contribution in [-0.2, 0) is 20.7 Å². The number of fused-ring (bicyclic) bond motifs is 2. The zero-order valence-electron chi connectivity index (χ0n) is 24.2. The summed E-state index contributed by atoms with van der Waals surface area (Å²) in [5, 5.41) is 16.6. The predicted octanol–water partition coefficient (Wildman–Crippen LogP) is 2.29. The first-order valence-corrected chi connectivity index (χ1v) is 16.0. The molecule has 1 aliphatic carbocycles. The molecule has 1 amide bonds. The molecular weight excluding hydrogens is 555 g/mol. The fourth-order valence-electron chi connectivity index (χ4n) is 7.65. The molecule has 226 valence electrons. The Hall–Kier alpha value is -2.33. The van der Waals surface area contributed by atoms with E-state index in [2.05, 4.69) is 40.1 Å². The molecule has 5 aliphatic rings. The van der Waals surface area contributed by atoms with Crippen LogP contribution in [0.4, 0.5) is 4.39 Å². The molecule has 0 aromatic heterocycles. The number of benzene rings is 1. The lowest BCUT2D eigenvalue weighted by Gasteiger charge is -2.55. The molecule has 8 atom stereocenters. The molecule has 11 heteroatoms. The van der Waals surface area contributed by atoms with Gasteiger partial charge in [-0.15, -0.1) is 11.8 Å². The number of carbonyl (C=O) groups is 2. The number of piperazine rings is 1. The van der Waals surface area contributed by atoms with Gasteiger partial charge in [0.05, 0.1) is 37.3 Å². The van der Waals surface area contributed by atoms with Crippen molar-refractivity contribution in [3.63, 3.8) is 0 Å². The number of hydrogen-bond acceptors (Lipinski definition) is 9. The van der Waals surface area contributed by atoms with Crippen molar-refractivity contribution in [1.82, 2.24) is 25.3 Å². The molecule has 1 spiro atoms. The first kappa shape index (κ1) is 29.7. The lowest BCUT2D eigenvalue weighted by atomic mass is 9.71. The minimum Gasteiger partial charge on any atom is -0.348 e. The maximum absolute atomic E-state index is 16.0. The number of Topliss-reactive ketones (excluding diaryl/α,β-unsaturated/α-hetero) is 1. The van der Waals surface area contributed by atoms with Gasteiger partial charge in [-0.05, 0) is 57.0 Å². The highest BCUT2D eigenvalue weighted by atomic mass is 32.2. The number of likely N-dealkylation sites (N-methyl/N-ethyl adjacent to an activating group) is 1. The number of hydrogen-bond donors (Lipinski definition) is 2. The van der Waals surface area contributed by atoms with Gasteiger partial charge in [0.1, 0.15) is 10.9 Å². The van der Waals surface area contributed by atoms with E-state index in [1.807, 2.05) is 24.3 Å². The summed E-state index contributed by atoms with van der Waals surface area (Å²) in [4.78, 5) is 34.3. The van der Waals surface area contributed by atoms with Crippen LogP contribution in [0.1, 0.15) is 37.7 Å². The monoisotopic (exact) mass is 596 g/mol. The Kier molecular flexibility index (Phi) is 8.74. The number of nitrogens with zero attached hydrogens (tertiary/aromatic N) is 4. The maximum atomic E-state index is 16.0. The molecule has 1 saturated carbocycles. The highest BCUT2D eigenvalue weighted by Crippen LogP contribution is 2.52. The molecule has 4 aliphatic heterocycles. The first-order chi connectivity index (χ1) is 20.3. The Morgan fingerprint density at radius 1 is 1.26 bits per heavy atom. The molecule has 1 aromatic rings. The Bertz CT molecular complexity index is 1250. The number of halogens is 1. The standard InChI is InChI=1S/C31H41FN6O3S/c1-3-26(39)38-16-15-37(18-21(38)11-13-33)29-23-10-12-31(25(32)17-20-7-4-5-9-24(20)42-31)28(40)27(23)34-30(35-29)41-19-22-8-6-14-36(22)2/h3-5,7,9,21-23,25,27,29-30,34-35H,1,6,8,10-12,14-19H2,2H3/t21?,22?,23?,25?,27?,29?,30?,31-/m0/s1. The van der Waals surface area contributed by atoms with Crippen molar-refractivity contribution in [1.29, 1.82) is 5.26 Å². The Balaban J connectivity index is 1.26. The summed E-state index contributed by atoms with van der Waals surface area (Å²) in [6.45, 7) is 6.76. The van der Waals surface area contributed by atoms with Crippen LogP contribution in [-0.4, -0.2) is 108 Å². The van der Waals surface area contributed by atoms with Gasteiger partial charge in [-0.25, -0.2) is 4.39 Å². The zero-order chi connectivity index (χ0) is 29.4. The van der Waals surface area contributed by atoms with Crippen LogP contribution in [0.25, 0.3) is 0 Å². The van der Waals surface area contributed by atoms with Gasteiger partial charge in [0, 0.05) is 42.9 Å². The smallest absolute Gasteiger partial charge is 0.246 e. The number of thioether (sulfide) groups is 1. The second kappa shape index (κ2) is 12.3. The topological polar surface area (TPSA) is 101 Å². The summed E-state index contributed by atoms with van der Waals surface area (Å²) < 4.78 is 21.3. The summed E-state index contributed by atoms with van der Waals surface area (Å²) >= 11 is 1.40. The summed E-state index contributed by atoms with van der Waals surface area (Å²) in [6, 6.07) is 9.52. The van der Waals surface area contributed by atoms with Crippen LogP contribution in [0.15, 0.2) is 41.8 Å². The normalized spacial score (nSPS) is 37.2. The van der Waals surface area contributed by atoms with Crippen molar-refractivity contribution >= 4 is 23.5 Å². The van der Waals surface area contributed by atoms with Crippen LogP contribution < -0.4 is 10.6 Å². The van der Waals surface area contributed by atoms with E-state index in [4.69, 9.17) is 4.74 Å². The highest BCUT2D eigenvalue weighted by molar-refractivity contribution is 8.01. The van der Waals surface area contributed by atoms with Crippen LogP contribution in [0.5, 0.6) is 0 Å². The molecule has 6 rings (SSSR count). The lowest BCUT2D eigenvalue weighted by Crippen LogP contribution is -2.76. The Morgan fingerprint density at radius 3 is 2.86 bits per heavy atom. The minimum atomic E-state index is -1.26. The third-order valence-corrected chi connectivity index (χ3v) is 11.7. The fourth-order valence-corrected chi connectivity index (χ4v) is 9.13. The van der Waals surface area contributed by atoms with Crippen LogP contribution in [0.3, 0.4) is 0 Å². The number of ketones is 1. The molecule has 4 fully saturated rings. The molecule has 7 unspecified atom stereocenters. The number of likely N-dealkylation sites (tertiary alicyclic amines) is 1. The average molecular weight is 597 g/mol. The molecule has 42 heavy (non-hydrogen) atoms. The van der Waals surface area contributed by atoms with Crippen LogP contribution in [0.2, 0.25) is 0 Å². The van der Waals surface area contributed by atoms with Crippen LogP contribution >= 0.6 is 11.8 Å². The predicted molar refractivity (Wildman–Crippen MR) is 158 cm³/mol. The molecule has 3 saturated heterocycles. The molecule has 2 N–H and O–H groups in total. The van der Waals surface area contributed by atoms with E-state index in [1.54, 1.807) is 4.90 Å². The van der Waals surface area contributed by atoms with E-state index in [-0.39, 0.29) is 42.7 Å². The molecule has 1 aromatic carbocycles. The Labute approximate surface area is 251 Å². The van der Waals surface area contributed by atoms with E-state index in [0.29, 0.717) is 45.1 Å². The number of nitrogens with one attached hydrogen (secondary N) is 2. The molecule has 9 nitrogen and oxygen atoms in total. The maximum Gasteiger partial charge on any atom is 0.246 e. The largest absolute Gasteiger partial charge is 0.348 e. The molecule has 0 radical (unpaired) electrons. The summed E-state index contributed by atoms with van der Waals surface area (Å²) in [5.41, 5.74) is 0.962. The number of amides is 1. The number of carbonyl (C=O) groups excluding carboxylic acids is 2. The second-order valence-corrected chi connectivity index (χ2v) is 13.7. The second-order valence-electron chi connectivity index (χ2n) is 12.3. The number of ether oxygens (including phenoxy) is 1. The zero-order valence-corrected chi connectivity index (χ0v) is 25.0. The summed E-state index contributed by atoms with van der Waals surface area (Å²) in [5.74, 6) is -0.365. The lowest BCUT2D eigenvalue weighted by molar-refractivity contribution is -0.146. The molecule has 0 bridgehead atoms. The molecule has 4 heterocycles. The van der Waals surface area contributed by atoms with Gasteiger partial charge in [-0.2, -0.15) is 5.26 Å². The van der Waals surface area contributed by atoms with Gasteiger partial charge < -0.3 is 14.5 Å². The van der Waals surface area contributed by atoms with Crippen molar-refractivity contribution in [2.24, 2.45) is 5.92 Å². The van der Waals surface area contributed by atoms with Gasteiger partial charge >= 0.3 is 0 Å². The van der Waals surface area contributed by atoms with E-state index in [9.17, 15) is 14.9 Å². The van der Waals surface area contributed by atoms with E-state index in [0.717, 1.165) is 29.8 Å². The Morgan fingerprint density at radius 2 is 2.10 bits per heavy atom. The van der Waals surface area contributed by atoms with Crippen molar-refractivity contribution in [3.05, 3.63) is 42.5 Å². The van der Waals surface area contributed by atoms with Gasteiger partial charge in [0.2, 0.25) is 5.91 Å². The SMILES string of the molecule is C=CC(=O)N1CCN(C2NC(OCC3CCCN3C)NC3C(=O)[C@@]4(CCC32)Sc2ccccc2CC4F)CC1CC#N. The average Bonchev–Trinajstić information content (AvgIpc) is 3.42. The van der Waals surface area contributed by atoms with E-state index >= 15 is 4.39 Å². The van der Waals surface area contributed by atoms with Crippen molar-refractivity contribution < 1.29 is 18.7 Å². The number of rotatable bonds is 6. The van der Waals surface area contributed by atoms with Gasteiger partial charge in [-0.3, -0.25) is 25.1 Å². The van der Waals surface area contributed by atoms with Gasteiger partial charge in [-0.1, -0.05) is 24.8 Å². The van der Waals surface area contributed by atoms with Gasteiger partial charge in [0.25, 0.3) is 0 Å². The summed E-state index contributed by atoms with van der Waals surface area (Å²) in [6.07, 6.45) is 3.03. The van der Waals surface area contributed by atoms with Gasteiger partial charge in [0.15, 0.2) is 12.1 Å². The first-order valence-electron chi connectivity index (χ1n) is 15.2. The summed E-state index contributed by atoms with van der Waals surface area (Å²) in [7, 11) is 2.11. The molecular formula is C31H41FN6O3S. The van der Waals surface area contributed by atoms with Crippen molar-refractivity contribution in [2.75, 3.05) is 39.8 Å².